The standard InChI is InChI=1S/C8H7FN4/c1-6-10-11-12-13(6)8-4-2-7(9)3-5-8/h2-5H,1H3. The zero-order chi connectivity index (χ0) is 9.26. The first-order valence-electron chi connectivity index (χ1n) is 3.78. The largest absolute Gasteiger partial charge is 0.207 e. The minimum Gasteiger partial charge on any atom is -0.207 e. The van der Waals surface area contributed by atoms with E-state index in [1.54, 1.807) is 23.7 Å². The molecule has 0 aliphatic rings. The molecule has 2 rings (SSSR count). The molecule has 0 amide bonds. The van der Waals surface area contributed by atoms with E-state index in [0.717, 1.165) is 5.69 Å². The van der Waals surface area contributed by atoms with Gasteiger partial charge in [-0.2, -0.15) is 4.68 Å². The highest BCUT2D eigenvalue weighted by Crippen LogP contribution is 2.07. The van der Waals surface area contributed by atoms with Gasteiger partial charge in [0.25, 0.3) is 0 Å². The Morgan fingerprint density at radius 1 is 1.23 bits per heavy atom. The number of hydrogen-bond donors (Lipinski definition) is 0. The first-order chi connectivity index (χ1) is 6.27. The van der Waals surface area contributed by atoms with Crippen molar-refractivity contribution < 1.29 is 4.39 Å². The van der Waals surface area contributed by atoms with E-state index in [-0.39, 0.29) is 5.82 Å². The highest BCUT2D eigenvalue weighted by molar-refractivity contribution is 5.30. The van der Waals surface area contributed by atoms with Gasteiger partial charge in [0.05, 0.1) is 5.69 Å². The van der Waals surface area contributed by atoms with Gasteiger partial charge in [0, 0.05) is 0 Å². The van der Waals surface area contributed by atoms with Crippen LogP contribution in [0.2, 0.25) is 0 Å². The van der Waals surface area contributed by atoms with Crippen molar-refractivity contribution in [3.8, 4) is 5.69 Å². The molecule has 5 heteroatoms. The zero-order valence-electron chi connectivity index (χ0n) is 6.98. The second kappa shape index (κ2) is 2.93. The Morgan fingerprint density at radius 3 is 2.46 bits per heavy atom. The van der Waals surface area contributed by atoms with Crippen LogP contribution in [0.4, 0.5) is 4.39 Å². The summed E-state index contributed by atoms with van der Waals surface area (Å²) >= 11 is 0. The number of hydrogen-bond acceptors (Lipinski definition) is 3. The van der Waals surface area contributed by atoms with Crippen molar-refractivity contribution in [3.05, 3.63) is 35.9 Å². The summed E-state index contributed by atoms with van der Waals surface area (Å²) in [5, 5.41) is 11.0. The lowest BCUT2D eigenvalue weighted by molar-refractivity contribution is 0.626. The molecule has 13 heavy (non-hydrogen) atoms. The molecule has 0 fully saturated rings. The molecule has 4 nitrogen and oxygen atoms in total. The summed E-state index contributed by atoms with van der Waals surface area (Å²) in [7, 11) is 0. The number of halogens is 1. The molecule has 0 radical (unpaired) electrons. The van der Waals surface area contributed by atoms with E-state index in [4.69, 9.17) is 0 Å². The van der Waals surface area contributed by atoms with Gasteiger partial charge in [-0.25, -0.2) is 4.39 Å². The minimum absolute atomic E-state index is 0.269. The van der Waals surface area contributed by atoms with E-state index in [0.29, 0.717) is 5.82 Å². The van der Waals surface area contributed by atoms with Crippen LogP contribution in [0.5, 0.6) is 0 Å². The maximum atomic E-state index is 12.6. The van der Waals surface area contributed by atoms with Crippen molar-refractivity contribution >= 4 is 0 Å². The summed E-state index contributed by atoms with van der Waals surface area (Å²) in [5.74, 6) is 0.404. The average molecular weight is 178 g/mol. The van der Waals surface area contributed by atoms with Crippen LogP contribution in [-0.2, 0) is 0 Å². The topological polar surface area (TPSA) is 43.6 Å². The number of benzene rings is 1. The van der Waals surface area contributed by atoms with Gasteiger partial charge < -0.3 is 0 Å². The van der Waals surface area contributed by atoms with Crippen LogP contribution < -0.4 is 0 Å². The number of nitrogens with zero attached hydrogens (tertiary/aromatic N) is 4. The van der Waals surface area contributed by atoms with Crippen LogP contribution in [0, 0.1) is 12.7 Å². The lowest BCUT2D eigenvalue weighted by Gasteiger charge is -1.99. The van der Waals surface area contributed by atoms with Crippen LogP contribution in [0.15, 0.2) is 24.3 Å². The first-order valence-corrected chi connectivity index (χ1v) is 3.78. The maximum absolute atomic E-state index is 12.6. The molecular formula is C8H7FN4. The van der Waals surface area contributed by atoms with Crippen LogP contribution in [0.25, 0.3) is 5.69 Å². The predicted molar refractivity (Wildman–Crippen MR) is 43.8 cm³/mol. The Labute approximate surface area is 74.0 Å². The first kappa shape index (κ1) is 7.85. The predicted octanol–water partition coefficient (Wildman–Crippen LogP) is 1.11. The van der Waals surface area contributed by atoms with Crippen LogP contribution in [-0.4, -0.2) is 20.2 Å². The number of rotatable bonds is 1. The quantitative estimate of drug-likeness (QED) is 0.657. The van der Waals surface area contributed by atoms with Crippen LogP contribution in [0.3, 0.4) is 0 Å². The normalized spacial score (nSPS) is 10.3. The summed E-state index contributed by atoms with van der Waals surface area (Å²) in [6.07, 6.45) is 0. The molecule has 1 aromatic heterocycles. The second-order valence-electron chi connectivity index (χ2n) is 2.61. The molecule has 1 heterocycles. The van der Waals surface area contributed by atoms with Gasteiger partial charge in [0.15, 0.2) is 5.82 Å². The number of aromatic nitrogens is 4. The van der Waals surface area contributed by atoms with Gasteiger partial charge in [-0.15, -0.1) is 5.10 Å². The lowest BCUT2D eigenvalue weighted by Crippen LogP contribution is -1.98. The number of tetrazole rings is 1. The Morgan fingerprint density at radius 2 is 1.92 bits per heavy atom. The van der Waals surface area contributed by atoms with Gasteiger partial charge in [-0.05, 0) is 41.6 Å². The van der Waals surface area contributed by atoms with E-state index in [9.17, 15) is 4.39 Å². The summed E-state index contributed by atoms with van der Waals surface area (Å²) in [6, 6.07) is 5.99. The molecule has 0 unspecified atom stereocenters. The zero-order valence-corrected chi connectivity index (χ0v) is 6.98. The highest BCUT2D eigenvalue weighted by Gasteiger charge is 2.02. The average Bonchev–Trinajstić information content (AvgIpc) is 2.53. The van der Waals surface area contributed by atoms with Gasteiger partial charge in [0.1, 0.15) is 5.82 Å². The van der Waals surface area contributed by atoms with E-state index in [1.165, 1.54) is 12.1 Å². The third-order valence-corrected chi connectivity index (χ3v) is 1.70. The van der Waals surface area contributed by atoms with E-state index in [2.05, 4.69) is 15.5 Å². The third-order valence-electron chi connectivity index (χ3n) is 1.70. The van der Waals surface area contributed by atoms with Gasteiger partial charge in [-0.3, -0.25) is 0 Å². The smallest absolute Gasteiger partial charge is 0.153 e. The Hall–Kier alpha value is -1.78. The highest BCUT2D eigenvalue weighted by atomic mass is 19.1. The van der Waals surface area contributed by atoms with Crippen molar-refractivity contribution in [3.63, 3.8) is 0 Å². The summed E-state index contributed by atoms with van der Waals surface area (Å²) < 4.78 is 14.1. The molecule has 0 N–H and O–H groups in total. The monoisotopic (exact) mass is 178 g/mol. The molecule has 0 aliphatic carbocycles. The van der Waals surface area contributed by atoms with Crippen molar-refractivity contribution in [1.82, 2.24) is 20.2 Å². The van der Waals surface area contributed by atoms with Gasteiger partial charge in [-0.1, -0.05) is 0 Å². The number of aryl methyl sites for hydroxylation is 1. The molecule has 0 spiro atoms. The molecule has 2 aromatic rings. The molecule has 66 valence electrons. The minimum atomic E-state index is -0.269. The van der Waals surface area contributed by atoms with Crippen molar-refractivity contribution in [2.24, 2.45) is 0 Å². The van der Waals surface area contributed by atoms with E-state index < -0.39 is 0 Å². The summed E-state index contributed by atoms with van der Waals surface area (Å²) in [5.41, 5.74) is 0.754. The van der Waals surface area contributed by atoms with Crippen molar-refractivity contribution in [1.29, 1.82) is 0 Å². The molecule has 0 bridgehead atoms. The summed E-state index contributed by atoms with van der Waals surface area (Å²) in [6.45, 7) is 1.78. The van der Waals surface area contributed by atoms with Crippen molar-refractivity contribution in [2.75, 3.05) is 0 Å². The third kappa shape index (κ3) is 1.40. The SMILES string of the molecule is Cc1nnnn1-c1ccc(F)cc1. The van der Waals surface area contributed by atoms with E-state index >= 15 is 0 Å². The fraction of sp³-hybridized carbons (Fsp3) is 0.125. The van der Waals surface area contributed by atoms with Gasteiger partial charge >= 0.3 is 0 Å². The molecule has 1 aromatic carbocycles. The second-order valence-corrected chi connectivity index (χ2v) is 2.61. The molecule has 0 aliphatic heterocycles. The summed E-state index contributed by atoms with van der Waals surface area (Å²) in [4.78, 5) is 0. The van der Waals surface area contributed by atoms with E-state index in [1.807, 2.05) is 0 Å². The maximum Gasteiger partial charge on any atom is 0.153 e. The fourth-order valence-electron chi connectivity index (χ4n) is 1.05. The molecular weight excluding hydrogens is 171 g/mol. The Kier molecular flexibility index (Phi) is 1.77. The van der Waals surface area contributed by atoms with Crippen molar-refractivity contribution in [2.45, 2.75) is 6.92 Å². The van der Waals surface area contributed by atoms with Crippen LogP contribution in [0.1, 0.15) is 5.82 Å². The lowest BCUT2D eigenvalue weighted by atomic mass is 10.3. The van der Waals surface area contributed by atoms with Crippen LogP contribution >= 0.6 is 0 Å². The molecule has 0 saturated heterocycles. The molecule has 0 atom stereocenters. The van der Waals surface area contributed by atoms with Gasteiger partial charge in [0.2, 0.25) is 0 Å². The Balaban J connectivity index is 2.47. The fourth-order valence-corrected chi connectivity index (χ4v) is 1.05. The Bertz CT molecular complexity index is 406. The molecule has 0 saturated carbocycles.